The SMILES string of the molecule is O=C(c1c[nH]c2ccccc12)[C@H](Sc1nnc(-c2ccccc2F)n1CCc1ccccc1)c1ccccc1. The van der Waals surface area contributed by atoms with E-state index in [-0.39, 0.29) is 11.6 Å². The third-order valence-corrected chi connectivity index (χ3v) is 7.95. The van der Waals surface area contributed by atoms with Crippen LogP contribution in [0.15, 0.2) is 121 Å². The van der Waals surface area contributed by atoms with Crippen molar-refractivity contribution in [2.75, 3.05) is 0 Å². The van der Waals surface area contributed by atoms with Crippen LogP contribution in [0.3, 0.4) is 0 Å². The number of nitrogens with zero attached hydrogens (tertiary/aromatic N) is 3. The second kappa shape index (κ2) is 11.1. The molecule has 6 aromatic rings. The van der Waals surface area contributed by atoms with Gasteiger partial charge in [-0.05, 0) is 35.7 Å². The van der Waals surface area contributed by atoms with Crippen LogP contribution < -0.4 is 0 Å². The normalized spacial score (nSPS) is 12.0. The number of hydrogen-bond donors (Lipinski definition) is 1. The Labute approximate surface area is 229 Å². The number of carbonyl (C=O) groups is 1. The maximum absolute atomic E-state index is 14.9. The molecular formula is C32H25FN4OS. The van der Waals surface area contributed by atoms with E-state index in [0.717, 1.165) is 22.0 Å². The lowest BCUT2D eigenvalue weighted by molar-refractivity contribution is 0.0991. The zero-order valence-corrected chi connectivity index (χ0v) is 21.8. The number of aromatic amines is 1. The molecule has 2 aromatic heterocycles. The predicted octanol–water partition coefficient (Wildman–Crippen LogP) is 7.52. The number of para-hydroxylation sites is 1. The van der Waals surface area contributed by atoms with Gasteiger partial charge >= 0.3 is 0 Å². The van der Waals surface area contributed by atoms with Gasteiger partial charge in [-0.1, -0.05) is 103 Å². The van der Waals surface area contributed by atoms with Gasteiger partial charge in [0, 0.05) is 29.2 Å². The van der Waals surface area contributed by atoms with E-state index in [1.54, 1.807) is 24.4 Å². The van der Waals surface area contributed by atoms with Gasteiger partial charge in [-0.3, -0.25) is 4.79 Å². The number of carbonyl (C=O) groups excluding carboxylic acids is 1. The summed E-state index contributed by atoms with van der Waals surface area (Å²) < 4.78 is 16.8. The Morgan fingerprint density at radius 1 is 0.846 bits per heavy atom. The highest BCUT2D eigenvalue weighted by molar-refractivity contribution is 8.00. The van der Waals surface area contributed by atoms with E-state index in [2.05, 4.69) is 27.3 Å². The number of rotatable bonds is 9. The molecule has 4 aromatic carbocycles. The quantitative estimate of drug-likeness (QED) is 0.154. The zero-order valence-electron chi connectivity index (χ0n) is 21.0. The van der Waals surface area contributed by atoms with Crippen LogP contribution in [0.25, 0.3) is 22.3 Å². The minimum absolute atomic E-state index is 0.0336. The molecule has 5 nitrogen and oxygen atoms in total. The minimum atomic E-state index is -0.571. The van der Waals surface area contributed by atoms with Gasteiger partial charge < -0.3 is 9.55 Å². The van der Waals surface area contributed by atoms with Gasteiger partial charge in [0.05, 0.1) is 5.56 Å². The maximum atomic E-state index is 14.9. The standard InChI is InChI=1S/C32H25FN4OS/c33-27-17-9-7-16-25(27)31-35-36-32(37(31)20-19-22-11-3-1-4-12-22)39-30(23-13-5-2-6-14-23)29(38)26-21-34-28-18-10-8-15-24(26)28/h1-18,21,30,34H,19-20H2/t30-/m1/s1. The fraction of sp³-hybridized carbons (Fsp3) is 0.0938. The molecule has 0 saturated heterocycles. The molecular weight excluding hydrogens is 507 g/mol. The van der Waals surface area contributed by atoms with E-state index in [1.807, 2.05) is 77.4 Å². The van der Waals surface area contributed by atoms with Gasteiger partial charge in [0.25, 0.3) is 0 Å². The zero-order chi connectivity index (χ0) is 26.6. The first-order valence-electron chi connectivity index (χ1n) is 12.7. The van der Waals surface area contributed by atoms with Crippen molar-refractivity contribution in [2.45, 2.75) is 23.4 Å². The van der Waals surface area contributed by atoms with E-state index in [1.165, 1.54) is 17.8 Å². The molecule has 0 amide bonds. The molecule has 2 heterocycles. The number of H-pyrrole nitrogens is 1. The fourth-order valence-electron chi connectivity index (χ4n) is 4.73. The number of aryl methyl sites for hydroxylation is 1. The lowest BCUT2D eigenvalue weighted by Crippen LogP contribution is -2.12. The van der Waals surface area contributed by atoms with E-state index >= 15 is 0 Å². The van der Waals surface area contributed by atoms with Gasteiger partial charge in [0.15, 0.2) is 16.8 Å². The predicted molar refractivity (Wildman–Crippen MR) is 153 cm³/mol. The van der Waals surface area contributed by atoms with Gasteiger partial charge in [-0.2, -0.15) is 0 Å². The third kappa shape index (κ3) is 5.13. The second-order valence-electron chi connectivity index (χ2n) is 9.19. The summed E-state index contributed by atoms with van der Waals surface area (Å²) in [7, 11) is 0. The van der Waals surface area contributed by atoms with Crippen LogP contribution in [0.4, 0.5) is 4.39 Å². The smallest absolute Gasteiger partial charge is 0.192 e. The number of Topliss-reactive ketones (excluding diaryl/α,β-unsaturated/α-hetero) is 1. The van der Waals surface area contributed by atoms with Crippen LogP contribution in [0.5, 0.6) is 0 Å². The second-order valence-corrected chi connectivity index (χ2v) is 10.3. The lowest BCUT2D eigenvalue weighted by atomic mass is 10.0. The maximum Gasteiger partial charge on any atom is 0.192 e. The first-order chi connectivity index (χ1) is 19.2. The highest BCUT2D eigenvalue weighted by atomic mass is 32.2. The molecule has 0 fully saturated rings. The van der Waals surface area contributed by atoms with Crippen molar-refractivity contribution >= 4 is 28.4 Å². The Kier molecular flexibility index (Phi) is 7.06. The molecule has 39 heavy (non-hydrogen) atoms. The largest absolute Gasteiger partial charge is 0.360 e. The number of fused-ring (bicyclic) bond motifs is 1. The van der Waals surface area contributed by atoms with Crippen molar-refractivity contribution in [3.8, 4) is 11.4 Å². The average Bonchev–Trinajstić information content (AvgIpc) is 3.60. The van der Waals surface area contributed by atoms with Crippen LogP contribution in [0, 0.1) is 5.82 Å². The van der Waals surface area contributed by atoms with Crippen molar-refractivity contribution in [2.24, 2.45) is 0 Å². The molecule has 0 saturated carbocycles. The van der Waals surface area contributed by atoms with Crippen LogP contribution >= 0.6 is 11.8 Å². The summed E-state index contributed by atoms with van der Waals surface area (Å²) in [6, 6.07) is 34.1. The molecule has 6 rings (SSSR count). The summed E-state index contributed by atoms with van der Waals surface area (Å²) in [6.07, 6.45) is 2.48. The summed E-state index contributed by atoms with van der Waals surface area (Å²) >= 11 is 1.34. The summed E-state index contributed by atoms with van der Waals surface area (Å²) in [5, 5.41) is 9.77. The number of hydrogen-bond acceptors (Lipinski definition) is 4. The fourth-order valence-corrected chi connectivity index (χ4v) is 5.86. The highest BCUT2D eigenvalue weighted by Gasteiger charge is 2.29. The summed E-state index contributed by atoms with van der Waals surface area (Å²) in [6.45, 7) is 0.534. The molecule has 0 aliphatic carbocycles. The van der Waals surface area contributed by atoms with E-state index in [0.29, 0.717) is 35.1 Å². The molecule has 0 radical (unpaired) electrons. The summed E-state index contributed by atoms with van der Waals surface area (Å²) in [4.78, 5) is 17.3. The monoisotopic (exact) mass is 532 g/mol. The van der Waals surface area contributed by atoms with Gasteiger partial charge in [-0.15, -0.1) is 10.2 Å². The number of aromatic nitrogens is 4. The molecule has 0 aliphatic heterocycles. The molecule has 0 unspecified atom stereocenters. The topological polar surface area (TPSA) is 63.6 Å². The van der Waals surface area contributed by atoms with Crippen molar-refractivity contribution in [1.82, 2.24) is 19.7 Å². The molecule has 0 aliphatic rings. The van der Waals surface area contributed by atoms with Gasteiger partial charge in [-0.25, -0.2) is 4.39 Å². The number of benzene rings is 4. The highest BCUT2D eigenvalue weighted by Crippen LogP contribution is 2.39. The molecule has 7 heteroatoms. The van der Waals surface area contributed by atoms with Gasteiger partial charge in [0.2, 0.25) is 0 Å². The van der Waals surface area contributed by atoms with Crippen molar-refractivity contribution in [1.29, 1.82) is 0 Å². The van der Waals surface area contributed by atoms with Crippen molar-refractivity contribution in [3.63, 3.8) is 0 Å². The lowest BCUT2D eigenvalue weighted by Gasteiger charge is -2.17. The van der Waals surface area contributed by atoms with Crippen molar-refractivity contribution < 1.29 is 9.18 Å². The molecule has 1 atom stereocenters. The molecule has 0 spiro atoms. The van der Waals surface area contributed by atoms with Crippen LogP contribution in [-0.4, -0.2) is 25.5 Å². The van der Waals surface area contributed by atoms with Crippen LogP contribution in [0.1, 0.15) is 26.7 Å². The third-order valence-electron chi connectivity index (χ3n) is 6.72. The van der Waals surface area contributed by atoms with E-state index < -0.39 is 5.25 Å². The average molecular weight is 533 g/mol. The number of ketones is 1. The van der Waals surface area contributed by atoms with Gasteiger partial charge in [0.1, 0.15) is 11.1 Å². The first-order valence-corrected chi connectivity index (χ1v) is 13.6. The number of halogens is 1. The Balaban J connectivity index is 1.41. The minimum Gasteiger partial charge on any atom is -0.360 e. The van der Waals surface area contributed by atoms with Crippen LogP contribution in [-0.2, 0) is 13.0 Å². The Morgan fingerprint density at radius 3 is 2.33 bits per heavy atom. The van der Waals surface area contributed by atoms with E-state index in [4.69, 9.17) is 0 Å². The Hall–Kier alpha value is -4.49. The summed E-state index contributed by atoms with van der Waals surface area (Å²) in [5.41, 5.74) is 3.92. The van der Waals surface area contributed by atoms with Crippen molar-refractivity contribution in [3.05, 3.63) is 138 Å². The Bertz CT molecular complexity index is 1730. The van der Waals surface area contributed by atoms with E-state index in [9.17, 15) is 9.18 Å². The molecule has 0 bridgehead atoms. The number of thioether (sulfide) groups is 1. The van der Waals surface area contributed by atoms with Crippen LogP contribution in [0.2, 0.25) is 0 Å². The first kappa shape index (κ1) is 24.8. The number of nitrogens with one attached hydrogen (secondary N) is 1. The summed E-state index contributed by atoms with van der Waals surface area (Å²) in [5.74, 6) is 0.0449. The Morgan fingerprint density at radius 2 is 1.54 bits per heavy atom. The molecule has 192 valence electrons. The molecule has 1 N–H and O–H groups in total.